The Balaban J connectivity index is 1.58. The first kappa shape index (κ1) is 27.3. The zero-order valence-corrected chi connectivity index (χ0v) is 23.7. The molecule has 0 bridgehead atoms. The van der Waals surface area contributed by atoms with Gasteiger partial charge < -0.3 is 15.4 Å². The van der Waals surface area contributed by atoms with Crippen LogP contribution in [-0.4, -0.2) is 39.6 Å². The summed E-state index contributed by atoms with van der Waals surface area (Å²) in [6.07, 6.45) is 13.9. The van der Waals surface area contributed by atoms with Gasteiger partial charge >= 0.3 is 6.09 Å². The molecule has 0 saturated carbocycles. The number of hydrogen-bond donors (Lipinski definition) is 1. The summed E-state index contributed by atoms with van der Waals surface area (Å²) >= 11 is 1.94. The lowest BCUT2D eigenvalue weighted by Crippen LogP contribution is -2.36. The number of anilines is 1. The van der Waals surface area contributed by atoms with Gasteiger partial charge in [-0.1, -0.05) is 36.4 Å². The molecule has 1 aromatic heterocycles. The summed E-state index contributed by atoms with van der Waals surface area (Å²) < 4.78 is 20.0. The highest BCUT2D eigenvalue weighted by molar-refractivity contribution is 7.99. The summed E-state index contributed by atoms with van der Waals surface area (Å²) in [5.74, 6) is 2.23. The van der Waals surface area contributed by atoms with E-state index in [4.69, 9.17) is 10.5 Å². The highest BCUT2D eigenvalue weighted by Crippen LogP contribution is 2.41. The molecule has 1 fully saturated rings. The van der Waals surface area contributed by atoms with Crippen LogP contribution in [0.3, 0.4) is 0 Å². The van der Waals surface area contributed by atoms with Crippen LogP contribution in [0.5, 0.6) is 0 Å². The molecular weight excluding hydrogens is 509 g/mol. The van der Waals surface area contributed by atoms with Gasteiger partial charge in [0.2, 0.25) is 0 Å². The molecule has 1 saturated heterocycles. The number of benzene rings is 1. The molecule has 1 amide bonds. The van der Waals surface area contributed by atoms with E-state index in [1.807, 2.05) is 55.7 Å². The standard InChI is InChI=1S/C32H36FN3O2S/c1-32(2,3)38-31(37)36-14-6-9-29(36)28-18-22(10-11-26(28)21-12-15-39-16-13-21)24-19-27(30(34)35-20-24)23-7-4-5-8-25(33)17-23/h4-5,7,10-12,17-20,29H,6,8-9,13-16H2,1-3H3,(H2,34,35)/t29-/m0/s1. The Hall–Kier alpha value is -3.32. The minimum absolute atomic E-state index is 0.0711. The lowest BCUT2D eigenvalue weighted by atomic mass is 9.89. The predicted molar refractivity (Wildman–Crippen MR) is 160 cm³/mol. The number of nitrogen functional groups attached to an aromatic ring is 1. The highest BCUT2D eigenvalue weighted by Gasteiger charge is 2.35. The van der Waals surface area contributed by atoms with E-state index in [2.05, 4.69) is 29.3 Å². The van der Waals surface area contributed by atoms with Gasteiger partial charge in [0.1, 0.15) is 17.2 Å². The number of likely N-dealkylation sites (tertiary alicyclic amines) is 1. The number of nitrogens with two attached hydrogens (primary N) is 1. The van der Waals surface area contributed by atoms with E-state index in [0.29, 0.717) is 23.5 Å². The average molecular weight is 546 g/mol. The number of allylic oxidation sites excluding steroid dienone is 7. The maximum atomic E-state index is 14.2. The number of hydrogen-bond acceptors (Lipinski definition) is 5. The monoisotopic (exact) mass is 545 g/mol. The SMILES string of the molecule is CC(C)(C)OC(=O)N1CCC[C@H]1c1cc(-c2cnc(N)c(C3=CC=CCC(F)=C3)c2)ccc1C1=CCSCC1. The van der Waals surface area contributed by atoms with Crippen molar-refractivity contribution in [2.24, 2.45) is 0 Å². The van der Waals surface area contributed by atoms with Crippen LogP contribution >= 0.6 is 11.8 Å². The molecule has 2 aromatic rings. The number of carbonyl (C=O) groups is 1. The van der Waals surface area contributed by atoms with Crippen molar-refractivity contribution in [3.8, 4) is 11.1 Å². The Labute approximate surface area is 234 Å². The van der Waals surface area contributed by atoms with Crippen LogP contribution in [-0.2, 0) is 4.74 Å². The highest BCUT2D eigenvalue weighted by atomic mass is 32.2. The number of thioether (sulfide) groups is 1. The molecule has 7 heteroatoms. The van der Waals surface area contributed by atoms with Gasteiger partial charge in [0, 0.05) is 36.0 Å². The second-order valence-electron chi connectivity index (χ2n) is 11.2. The van der Waals surface area contributed by atoms with Crippen LogP contribution in [0.15, 0.2) is 66.7 Å². The lowest BCUT2D eigenvalue weighted by molar-refractivity contribution is 0.0224. The summed E-state index contributed by atoms with van der Waals surface area (Å²) in [6, 6.07) is 8.40. The van der Waals surface area contributed by atoms with Gasteiger partial charge in [-0.05, 0) is 91.8 Å². The summed E-state index contributed by atoms with van der Waals surface area (Å²) in [7, 11) is 0. The Morgan fingerprint density at radius 3 is 2.82 bits per heavy atom. The van der Waals surface area contributed by atoms with Gasteiger partial charge in [0.25, 0.3) is 0 Å². The van der Waals surface area contributed by atoms with Crippen molar-refractivity contribution < 1.29 is 13.9 Å². The van der Waals surface area contributed by atoms with Gasteiger partial charge in [-0.3, -0.25) is 0 Å². The fraction of sp³-hybridized carbons (Fsp3) is 0.375. The zero-order chi connectivity index (χ0) is 27.6. The summed E-state index contributed by atoms with van der Waals surface area (Å²) in [5.41, 5.74) is 12.6. The number of amides is 1. The first-order valence-corrected chi connectivity index (χ1v) is 14.7. The van der Waals surface area contributed by atoms with Gasteiger partial charge in [-0.15, -0.1) is 0 Å². The van der Waals surface area contributed by atoms with Crippen LogP contribution in [0.2, 0.25) is 0 Å². The smallest absolute Gasteiger partial charge is 0.410 e. The van der Waals surface area contributed by atoms with Gasteiger partial charge in [0.15, 0.2) is 0 Å². The van der Waals surface area contributed by atoms with Crippen molar-refractivity contribution in [2.75, 3.05) is 23.8 Å². The van der Waals surface area contributed by atoms with Crippen molar-refractivity contribution in [3.05, 3.63) is 83.4 Å². The van der Waals surface area contributed by atoms with Crippen LogP contribution in [0.1, 0.15) is 69.2 Å². The number of carbonyl (C=O) groups excluding carboxylic acids is 1. The average Bonchev–Trinajstić information content (AvgIpc) is 3.30. The predicted octanol–water partition coefficient (Wildman–Crippen LogP) is 8.12. The zero-order valence-electron chi connectivity index (χ0n) is 22.9. The molecule has 5 nitrogen and oxygen atoms in total. The van der Waals surface area contributed by atoms with E-state index >= 15 is 0 Å². The minimum Gasteiger partial charge on any atom is -0.444 e. The largest absolute Gasteiger partial charge is 0.444 e. The molecule has 0 radical (unpaired) electrons. The van der Waals surface area contributed by atoms with Crippen molar-refractivity contribution in [3.63, 3.8) is 0 Å². The molecule has 2 N–H and O–H groups in total. The van der Waals surface area contributed by atoms with Crippen molar-refractivity contribution in [1.82, 2.24) is 9.88 Å². The molecule has 1 aromatic carbocycles. The van der Waals surface area contributed by atoms with E-state index in [0.717, 1.165) is 47.5 Å². The molecule has 0 spiro atoms. The Bertz CT molecular complexity index is 1390. The van der Waals surface area contributed by atoms with E-state index in [9.17, 15) is 9.18 Å². The van der Waals surface area contributed by atoms with Crippen molar-refractivity contribution in [2.45, 2.75) is 58.1 Å². The third kappa shape index (κ3) is 6.30. The number of aromatic nitrogens is 1. The summed E-state index contributed by atoms with van der Waals surface area (Å²) in [5, 5.41) is 0. The number of nitrogens with zero attached hydrogens (tertiary/aromatic N) is 2. The normalized spacial score (nSPS) is 19.7. The number of ether oxygens (including phenoxy) is 1. The van der Waals surface area contributed by atoms with Crippen molar-refractivity contribution in [1.29, 1.82) is 0 Å². The molecule has 204 valence electrons. The Morgan fingerprint density at radius 1 is 1.21 bits per heavy atom. The minimum atomic E-state index is -0.556. The second-order valence-corrected chi connectivity index (χ2v) is 12.3. The third-order valence-electron chi connectivity index (χ3n) is 7.20. The Kier molecular flexibility index (Phi) is 7.98. The molecule has 1 aliphatic carbocycles. The fourth-order valence-corrected chi connectivity index (χ4v) is 6.22. The van der Waals surface area contributed by atoms with Gasteiger partial charge in [-0.25, -0.2) is 14.2 Å². The third-order valence-corrected chi connectivity index (χ3v) is 8.10. The fourth-order valence-electron chi connectivity index (χ4n) is 5.37. The van der Waals surface area contributed by atoms with Gasteiger partial charge in [-0.2, -0.15) is 11.8 Å². The maximum absolute atomic E-state index is 14.2. The van der Waals surface area contributed by atoms with E-state index in [1.165, 1.54) is 17.2 Å². The summed E-state index contributed by atoms with van der Waals surface area (Å²) in [4.78, 5) is 19.6. The number of rotatable bonds is 4. The first-order chi connectivity index (χ1) is 18.7. The van der Waals surface area contributed by atoms with E-state index < -0.39 is 5.60 Å². The topological polar surface area (TPSA) is 68.5 Å². The molecule has 1 atom stereocenters. The number of halogens is 1. The lowest BCUT2D eigenvalue weighted by Gasteiger charge is -2.30. The van der Waals surface area contributed by atoms with Gasteiger partial charge in [0.05, 0.1) is 6.04 Å². The van der Waals surface area contributed by atoms with Crippen LogP contribution in [0.4, 0.5) is 15.0 Å². The van der Waals surface area contributed by atoms with E-state index in [-0.39, 0.29) is 24.4 Å². The maximum Gasteiger partial charge on any atom is 0.410 e. The van der Waals surface area contributed by atoms with Crippen molar-refractivity contribution >= 4 is 34.8 Å². The Morgan fingerprint density at radius 2 is 2.05 bits per heavy atom. The first-order valence-electron chi connectivity index (χ1n) is 13.6. The molecule has 0 unspecified atom stereocenters. The molecule has 2 aliphatic heterocycles. The quantitative estimate of drug-likeness (QED) is 0.420. The molecule has 39 heavy (non-hydrogen) atoms. The molecule has 3 aliphatic rings. The molecular formula is C32H36FN3O2S. The number of pyridine rings is 1. The summed E-state index contributed by atoms with van der Waals surface area (Å²) in [6.45, 7) is 6.38. The van der Waals surface area contributed by atoms with Crippen LogP contribution < -0.4 is 5.73 Å². The molecule has 3 heterocycles. The molecule has 5 rings (SSSR count). The van der Waals surface area contributed by atoms with Crippen LogP contribution in [0.25, 0.3) is 22.3 Å². The van der Waals surface area contributed by atoms with E-state index in [1.54, 1.807) is 12.3 Å². The second kappa shape index (κ2) is 11.4. The van der Waals surface area contributed by atoms with Crippen LogP contribution in [0, 0.1) is 0 Å².